The lowest BCUT2D eigenvalue weighted by molar-refractivity contribution is 0.0997. The summed E-state index contributed by atoms with van der Waals surface area (Å²) in [6.07, 6.45) is 0. The molecule has 0 aliphatic carbocycles. The Hall–Kier alpha value is -2.53. The van der Waals surface area contributed by atoms with E-state index in [1.807, 2.05) is 30.3 Å². The summed E-state index contributed by atoms with van der Waals surface area (Å²) < 4.78 is 5.51. The summed E-state index contributed by atoms with van der Waals surface area (Å²) >= 11 is 0. The Kier molecular flexibility index (Phi) is 5.17. The van der Waals surface area contributed by atoms with Gasteiger partial charge >= 0.3 is 0 Å². The van der Waals surface area contributed by atoms with Crippen molar-refractivity contribution in [2.24, 2.45) is 5.73 Å². The molecule has 4 N–H and O–H groups in total. The predicted molar refractivity (Wildman–Crippen MR) is 80.3 cm³/mol. The number of ether oxygens (including phenoxy) is 1. The Morgan fingerprint density at radius 1 is 1.19 bits per heavy atom. The van der Waals surface area contributed by atoms with Crippen molar-refractivity contribution in [1.82, 2.24) is 5.32 Å². The van der Waals surface area contributed by atoms with Gasteiger partial charge in [0.25, 0.3) is 5.91 Å². The van der Waals surface area contributed by atoms with Gasteiger partial charge in [0, 0.05) is 13.1 Å². The molecule has 0 spiro atoms. The van der Waals surface area contributed by atoms with E-state index in [9.17, 15) is 9.90 Å². The molecule has 110 valence electrons. The first-order valence-corrected chi connectivity index (χ1v) is 6.67. The summed E-state index contributed by atoms with van der Waals surface area (Å²) in [6, 6.07) is 14.5. The number of phenols is 1. The van der Waals surface area contributed by atoms with Crippen molar-refractivity contribution in [2.45, 2.75) is 6.54 Å². The lowest BCUT2D eigenvalue weighted by Gasteiger charge is -2.09. The Morgan fingerprint density at radius 3 is 2.67 bits per heavy atom. The number of hydrogen-bond donors (Lipinski definition) is 3. The van der Waals surface area contributed by atoms with Crippen molar-refractivity contribution in [3.63, 3.8) is 0 Å². The quantitative estimate of drug-likeness (QED) is 0.676. The molecule has 5 heteroatoms. The average Bonchev–Trinajstić information content (AvgIpc) is 2.49. The topological polar surface area (TPSA) is 84.6 Å². The van der Waals surface area contributed by atoms with Crippen LogP contribution in [-0.2, 0) is 6.54 Å². The van der Waals surface area contributed by atoms with E-state index in [1.165, 1.54) is 17.7 Å². The molecule has 0 fully saturated rings. The van der Waals surface area contributed by atoms with Crippen LogP contribution in [0.15, 0.2) is 48.5 Å². The number of amides is 1. The minimum absolute atomic E-state index is 0.0599. The van der Waals surface area contributed by atoms with E-state index in [0.717, 1.165) is 6.54 Å². The van der Waals surface area contributed by atoms with Gasteiger partial charge in [-0.3, -0.25) is 4.79 Å². The second kappa shape index (κ2) is 7.31. The Bertz CT molecular complexity index is 600. The van der Waals surface area contributed by atoms with Crippen LogP contribution in [0.2, 0.25) is 0 Å². The average molecular weight is 286 g/mol. The maximum absolute atomic E-state index is 11.1. The van der Waals surface area contributed by atoms with Crippen LogP contribution in [0, 0.1) is 0 Å². The van der Waals surface area contributed by atoms with E-state index >= 15 is 0 Å². The maximum atomic E-state index is 11.1. The summed E-state index contributed by atoms with van der Waals surface area (Å²) in [7, 11) is 0. The number of aromatic hydroxyl groups is 1. The molecule has 0 aliphatic heterocycles. The zero-order valence-electron chi connectivity index (χ0n) is 11.6. The molecule has 5 nitrogen and oxygen atoms in total. The summed E-state index contributed by atoms with van der Waals surface area (Å²) in [4.78, 5) is 11.1. The number of primary amides is 1. The van der Waals surface area contributed by atoms with E-state index in [0.29, 0.717) is 18.9 Å². The molecular formula is C16H18N2O3. The molecule has 1 amide bonds. The normalized spacial score (nSPS) is 10.3. The second-order valence-corrected chi connectivity index (χ2v) is 4.55. The van der Waals surface area contributed by atoms with E-state index < -0.39 is 5.91 Å². The highest BCUT2D eigenvalue weighted by Crippen LogP contribution is 2.22. The first-order chi connectivity index (χ1) is 10.2. The van der Waals surface area contributed by atoms with Crippen molar-refractivity contribution in [3.05, 3.63) is 59.7 Å². The van der Waals surface area contributed by atoms with Crippen LogP contribution in [0.25, 0.3) is 0 Å². The molecule has 0 aliphatic rings. The standard InChI is InChI=1S/C16H18N2O3/c17-16(20)14-10-13(6-7-15(14)19)21-9-8-18-11-12-4-2-1-3-5-12/h1-7,10,18-19H,8-9,11H2,(H2,17,20). The van der Waals surface area contributed by atoms with Crippen LogP contribution in [0.3, 0.4) is 0 Å². The molecule has 0 bridgehead atoms. The number of rotatable bonds is 7. The summed E-state index contributed by atoms with van der Waals surface area (Å²) in [5, 5.41) is 12.7. The van der Waals surface area contributed by atoms with E-state index in [2.05, 4.69) is 5.32 Å². The van der Waals surface area contributed by atoms with Gasteiger partial charge in [0.2, 0.25) is 0 Å². The summed E-state index contributed by atoms with van der Waals surface area (Å²) in [5.74, 6) is -0.319. The number of nitrogens with one attached hydrogen (secondary N) is 1. The van der Waals surface area contributed by atoms with Gasteiger partial charge in [-0.1, -0.05) is 30.3 Å². The molecule has 0 aromatic heterocycles. The zero-order valence-corrected chi connectivity index (χ0v) is 11.6. The van der Waals surface area contributed by atoms with Crippen molar-refractivity contribution in [1.29, 1.82) is 0 Å². The molecule has 2 aromatic rings. The molecule has 0 heterocycles. The largest absolute Gasteiger partial charge is 0.507 e. The molecule has 21 heavy (non-hydrogen) atoms. The second-order valence-electron chi connectivity index (χ2n) is 4.55. The highest BCUT2D eigenvalue weighted by molar-refractivity contribution is 5.95. The van der Waals surface area contributed by atoms with Crippen molar-refractivity contribution in [3.8, 4) is 11.5 Å². The first kappa shape index (κ1) is 14.9. The summed E-state index contributed by atoms with van der Waals surface area (Å²) in [5.41, 5.74) is 6.42. The van der Waals surface area contributed by atoms with Gasteiger partial charge in [-0.25, -0.2) is 0 Å². The first-order valence-electron chi connectivity index (χ1n) is 6.67. The number of nitrogens with two attached hydrogens (primary N) is 1. The van der Waals surface area contributed by atoms with Crippen molar-refractivity contribution >= 4 is 5.91 Å². The maximum Gasteiger partial charge on any atom is 0.252 e. The molecule has 0 atom stereocenters. The Labute approximate surface area is 123 Å². The fraction of sp³-hybridized carbons (Fsp3) is 0.188. The minimum atomic E-state index is -0.680. The zero-order chi connectivity index (χ0) is 15.1. The predicted octanol–water partition coefficient (Wildman–Crippen LogP) is 1.66. The number of hydrogen-bond acceptors (Lipinski definition) is 4. The van der Waals surface area contributed by atoms with E-state index in [1.54, 1.807) is 6.07 Å². The minimum Gasteiger partial charge on any atom is -0.507 e. The summed E-state index contributed by atoms with van der Waals surface area (Å²) in [6.45, 7) is 1.89. The monoisotopic (exact) mass is 286 g/mol. The fourth-order valence-electron chi connectivity index (χ4n) is 1.87. The molecule has 2 rings (SSSR count). The number of carbonyl (C=O) groups is 1. The Balaban J connectivity index is 1.76. The van der Waals surface area contributed by atoms with Gasteiger partial charge in [-0.15, -0.1) is 0 Å². The lowest BCUT2D eigenvalue weighted by atomic mass is 10.2. The van der Waals surface area contributed by atoms with Gasteiger partial charge in [0.15, 0.2) is 0 Å². The third-order valence-corrected chi connectivity index (χ3v) is 2.95. The number of benzene rings is 2. The molecule has 0 saturated carbocycles. The fourth-order valence-corrected chi connectivity index (χ4v) is 1.87. The van der Waals surface area contributed by atoms with Gasteiger partial charge in [-0.05, 0) is 23.8 Å². The van der Waals surface area contributed by atoms with Crippen LogP contribution >= 0.6 is 0 Å². The van der Waals surface area contributed by atoms with Crippen LogP contribution in [-0.4, -0.2) is 24.2 Å². The number of carbonyl (C=O) groups excluding carboxylic acids is 1. The smallest absolute Gasteiger partial charge is 0.252 e. The lowest BCUT2D eigenvalue weighted by Crippen LogP contribution is -2.20. The SMILES string of the molecule is NC(=O)c1cc(OCCNCc2ccccc2)ccc1O. The van der Waals surface area contributed by atoms with Gasteiger partial charge in [0.1, 0.15) is 18.1 Å². The van der Waals surface area contributed by atoms with Crippen LogP contribution < -0.4 is 15.8 Å². The Morgan fingerprint density at radius 2 is 1.95 bits per heavy atom. The molecule has 0 saturated heterocycles. The van der Waals surface area contributed by atoms with Gasteiger partial charge in [0.05, 0.1) is 5.56 Å². The van der Waals surface area contributed by atoms with Crippen molar-refractivity contribution in [2.75, 3.05) is 13.2 Å². The van der Waals surface area contributed by atoms with E-state index in [4.69, 9.17) is 10.5 Å². The highest BCUT2D eigenvalue weighted by Gasteiger charge is 2.08. The van der Waals surface area contributed by atoms with Gasteiger partial charge < -0.3 is 20.9 Å². The van der Waals surface area contributed by atoms with Crippen LogP contribution in [0.1, 0.15) is 15.9 Å². The highest BCUT2D eigenvalue weighted by atomic mass is 16.5. The molecule has 2 aromatic carbocycles. The third kappa shape index (κ3) is 4.50. The van der Waals surface area contributed by atoms with E-state index in [-0.39, 0.29) is 11.3 Å². The van der Waals surface area contributed by atoms with Crippen LogP contribution in [0.5, 0.6) is 11.5 Å². The third-order valence-electron chi connectivity index (χ3n) is 2.95. The molecular weight excluding hydrogens is 268 g/mol. The molecule has 0 radical (unpaired) electrons. The molecule has 0 unspecified atom stereocenters. The van der Waals surface area contributed by atoms with Crippen molar-refractivity contribution < 1.29 is 14.6 Å². The van der Waals surface area contributed by atoms with Crippen LogP contribution in [0.4, 0.5) is 0 Å². The van der Waals surface area contributed by atoms with Gasteiger partial charge in [-0.2, -0.15) is 0 Å².